The molecule has 0 bridgehead atoms. The molecule has 20 heavy (non-hydrogen) atoms. The van der Waals surface area contributed by atoms with Crippen LogP contribution in [0.25, 0.3) is 6.08 Å². The van der Waals surface area contributed by atoms with E-state index in [2.05, 4.69) is 0 Å². The number of carbonyl (C=O) groups excluding carboxylic acids is 1. The van der Waals surface area contributed by atoms with Crippen molar-refractivity contribution in [3.63, 3.8) is 0 Å². The highest BCUT2D eigenvalue weighted by Gasteiger charge is 2.02. The molecule has 0 amide bonds. The molecule has 98 valence electrons. The lowest BCUT2D eigenvalue weighted by Crippen LogP contribution is -2.03. The maximum absolute atomic E-state index is 12.0. The Labute approximate surface area is 120 Å². The highest BCUT2D eigenvalue weighted by molar-refractivity contribution is 6.32. The molecule has 0 unspecified atom stereocenters. The van der Waals surface area contributed by atoms with Crippen LogP contribution in [0.3, 0.4) is 0 Å². The predicted molar refractivity (Wildman–Crippen MR) is 82.8 cm³/mol. The van der Waals surface area contributed by atoms with Gasteiger partial charge in [-0.3, -0.25) is 4.79 Å². The van der Waals surface area contributed by atoms with Crippen LogP contribution in [0, 0.1) is 0 Å². The predicted octanol–water partition coefficient (Wildman–Crippen LogP) is 2.78. The molecule has 0 aliphatic heterocycles. The van der Waals surface area contributed by atoms with Gasteiger partial charge >= 0.3 is 0 Å². The van der Waals surface area contributed by atoms with E-state index in [1.54, 1.807) is 36.4 Å². The fourth-order valence-electron chi connectivity index (χ4n) is 1.81. The smallest absolute Gasteiger partial charge is 0.185 e. The van der Waals surface area contributed by atoms with Gasteiger partial charge in [0.2, 0.25) is 0 Å². The van der Waals surface area contributed by atoms with Crippen LogP contribution in [0.15, 0.2) is 54.6 Å². The number of allylic oxidation sites excluding steroid dienone is 1. The Morgan fingerprint density at radius 3 is 2.55 bits per heavy atom. The van der Waals surface area contributed by atoms with Crippen molar-refractivity contribution >= 4 is 25.2 Å². The molecule has 0 aliphatic carbocycles. The summed E-state index contributed by atoms with van der Waals surface area (Å²) in [5, 5.41) is 0. The first-order valence-corrected chi connectivity index (χ1v) is 6.50. The van der Waals surface area contributed by atoms with Gasteiger partial charge in [-0.1, -0.05) is 47.9 Å². The average Bonchev–Trinajstić information content (AvgIpc) is 2.47. The van der Waals surface area contributed by atoms with Gasteiger partial charge in [0.15, 0.2) is 5.78 Å². The van der Waals surface area contributed by atoms with E-state index >= 15 is 0 Å². The summed E-state index contributed by atoms with van der Waals surface area (Å²) in [6.45, 7) is 2.52. The zero-order valence-electron chi connectivity index (χ0n) is 11.4. The summed E-state index contributed by atoms with van der Waals surface area (Å²) in [6, 6.07) is 14.5. The number of hydrogen-bond donors (Lipinski definition) is 0. The van der Waals surface area contributed by atoms with Crippen molar-refractivity contribution in [2.24, 2.45) is 0 Å². The van der Waals surface area contributed by atoms with Crippen molar-refractivity contribution in [2.75, 3.05) is 6.61 Å². The van der Waals surface area contributed by atoms with Gasteiger partial charge in [-0.25, -0.2) is 0 Å². The Morgan fingerprint density at radius 2 is 1.85 bits per heavy atom. The van der Waals surface area contributed by atoms with Crippen LogP contribution in [0.5, 0.6) is 5.75 Å². The second-order valence-corrected chi connectivity index (χ2v) is 4.29. The van der Waals surface area contributed by atoms with Crippen LogP contribution in [0.2, 0.25) is 0 Å². The van der Waals surface area contributed by atoms with Gasteiger partial charge in [0.1, 0.15) is 13.6 Å². The lowest BCUT2D eigenvalue weighted by molar-refractivity contribution is 0.104. The number of rotatable bonds is 5. The Hall–Kier alpha value is -2.29. The molecule has 2 aromatic rings. The van der Waals surface area contributed by atoms with Crippen molar-refractivity contribution < 1.29 is 9.53 Å². The van der Waals surface area contributed by atoms with Gasteiger partial charge in [0.05, 0.1) is 6.61 Å². The number of ether oxygens (including phenoxy) is 1. The maximum Gasteiger partial charge on any atom is 0.185 e. The Kier molecular flexibility index (Phi) is 4.77. The number of para-hydroxylation sites is 1. The van der Waals surface area contributed by atoms with Gasteiger partial charge in [0, 0.05) is 11.1 Å². The summed E-state index contributed by atoms with van der Waals surface area (Å²) in [5.74, 6) is 0.715. The molecule has 3 heteroatoms. The highest BCUT2D eigenvalue weighted by Crippen LogP contribution is 2.19. The molecule has 0 N–H and O–H groups in total. The van der Waals surface area contributed by atoms with E-state index in [0.29, 0.717) is 17.6 Å². The second kappa shape index (κ2) is 6.76. The summed E-state index contributed by atoms with van der Waals surface area (Å²) >= 11 is 0. The Morgan fingerprint density at radius 1 is 1.15 bits per heavy atom. The number of carbonyl (C=O) groups is 1. The molecule has 0 aromatic heterocycles. The third-order valence-electron chi connectivity index (χ3n) is 2.83. The van der Waals surface area contributed by atoms with Crippen LogP contribution < -0.4 is 10.2 Å². The molecule has 2 nitrogen and oxygen atoms in total. The normalized spacial score (nSPS) is 10.7. The number of hydrogen-bond acceptors (Lipinski definition) is 2. The van der Waals surface area contributed by atoms with E-state index in [1.807, 2.05) is 31.2 Å². The van der Waals surface area contributed by atoms with Crippen molar-refractivity contribution in [2.45, 2.75) is 6.92 Å². The molecule has 0 saturated heterocycles. The molecule has 0 atom stereocenters. The zero-order chi connectivity index (χ0) is 14.4. The molecule has 2 radical (unpaired) electrons. The maximum atomic E-state index is 12.0. The first kappa shape index (κ1) is 14.1. The van der Waals surface area contributed by atoms with Crippen molar-refractivity contribution in [1.29, 1.82) is 0 Å². The van der Waals surface area contributed by atoms with Crippen molar-refractivity contribution in [3.8, 4) is 5.75 Å². The van der Waals surface area contributed by atoms with Gasteiger partial charge < -0.3 is 4.74 Å². The third kappa shape index (κ3) is 3.61. The lowest BCUT2D eigenvalue weighted by Gasteiger charge is -2.06. The van der Waals surface area contributed by atoms with E-state index in [9.17, 15) is 4.79 Å². The molecule has 2 rings (SSSR count). The van der Waals surface area contributed by atoms with E-state index in [0.717, 1.165) is 11.3 Å². The molecule has 0 aliphatic rings. The molecular formula is C17H15BO2. The molecular weight excluding hydrogens is 247 g/mol. The average molecular weight is 262 g/mol. The summed E-state index contributed by atoms with van der Waals surface area (Å²) in [5.41, 5.74) is 2.15. The van der Waals surface area contributed by atoms with Gasteiger partial charge in [0.25, 0.3) is 0 Å². The van der Waals surface area contributed by atoms with E-state index in [1.165, 1.54) is 0 Å². The monoisotopic (exact) mass is 262 g/mol. The number of ketones is 1. The van der Waals surface area contributed by atoms with Crippen LogP contribution in [-0.2, 0) is 0 Å². The second-order valence-electron chi connectivity index (χ2n) is 4.29. The molecule has 0 saturated carbocycles. The van der Waals surface area contributed by atoms with Crippen LogP contribution in [0.4, 0.5) is 0 Å². The van der Waals surface area contributed by atoms with Gasteiger partial charge in [-0.2, -0.15) is 0 Å². The fraction of sp³-hybridized carbons (Fsp3) is 0.118. The largest absolute Gasteiger partial charge is 0.493 e. The van der Waals surface area contributed by atoms with E-state index in [-0.39, 0.29) is 5.78 Å². The summed E-state index contributed by atoms with van der Waals surface area (Å²) in [6.07, 6.45) is 3.31. The van der Waals surface area contributed by atoms with Crippen LogP contribution in [-0.4, -0.2) is 20.2 Å². The van der Waals surface area contributed by atoms with Crippen molar-refractivity contribution in [1.82, 2.24) is 0 Å². The quantitative estimate of drug-likeness (QED) is 0.470. The van der Waals surface area contributed by atoms with E-state index < -0.39 is 0 Å². The fourth-order valence-corrected chi connectivity index (χ4v) is 1.81. The van der Waals surface area contributed by atoms with Crippen LogP contribution >= 0.6 is 0 Å². The van der Waals surface area contributed by atoms with Gasteiger partial charge in [-0.05, 0) is 25.1 Å². The first-order valence-electron chi connectivity index (χ1n) is 6.50. The minimum absolute atomic E-state index is 0.0590. The molecule has 0 heterocycles. The third-order valence-corrected chi connectivity index (χ3v) is 2.83. The SMILES string of the molecule is [B]c1ccc(C(=O)/C=C/c2ccccc2OCC)cc1. The van der Waals surface area contributed by atoms with Crippen LogP contribution in [0.1, 0.15) is 22.8 Å². The lowest BCUT2D eigenvalue weighted by atomic mass is 9.94. The zero-order valence-corrected chi connectivity index (χ0v) is 11.4. The summed E-state index contributed by atoms with van der Waals surface area (Å²) in [4.78, 5) is 12.0. The van der Waals surface area contributed by atoms with E-state index in [4.69, 9.17) is 12.6 Å². The molecule has 2 aromatic carbocycles. The Bertz CT molecular complexity index is 615. The molecule has 0 spiro atoms. The van der Waals surface area contributed by atoms with Gasteiger partial charge in [-0.15, -0.1) is 0 Å². The summed E-state index contributed by atoms with van der Waals surface area (Å²) in [7, 11) is 5.60. The number of benzene rings is 2. The highest BCUT2D eigenvalue weighted by atomic mass is 16.5. The van der Waals surface area contributed by atoms with Crippen molar-refractivity contribution in [3.05, 3.63) is 65.7 Å². The topological polar surface area (TPSA) is 26.3 Å². The minimum Gasteiger partial charge on any atom is -0.493 e. The minimum atomic E-state index is -0.0590. The molecule has 0 fully saturated rings. The first-order chi connectivity index (χ1) is 9.70. The summed E-state index contributed by atoms with van der Waals surface area (Å²) < 4.78 is 5.51. The standard InChI is InChI=1S/C17H15BO2/c1-2-20-17-6-4-3-5-14(17)9-12-16(19)13-7-10-15(18)11-8-13/h3-12H,2H2,1H3/b12-9+. The Balaban J connectivity index is 2.17.